The lowest BCUT2D eigenvalue weighted by Gasteiger charge is -2.58. The summed E-state index contributed by atoms with van der Waals surface area (Å²) < 4.78 is 16.9. The molecule has 1 amide bonds. The first kappa shape index (κ1) is 24.6. The first-order valence-electron chi connectivity index (χ1n) is 13.3. The number of fused-ring (bicyclic) bond motifs is 1. The van der Waals surface area contributed by atoms with Gasteiger partial charge in [0.25, 0.3) is 5.91 Å². The van der Waals surface area contributed by atoms with E-state index in [-0.39, 0.29) is 29.4 Å². The Kier molecular flexibility index (Phi) is 6.14. The summed E-state index contributed by atoms with van der Waals surface area (Å²) in [5.74, 6) is 1.87. The minimum atomic E-state index is -0.524. The lowest BCUT2D eigenvalue weighted by atomic mass is 9.49. The molecule has 37 heavy (non-hydrogen) atoms. The molecule has 1 heterocycles. The van der Waals surface area contributed by atoms with Gasteiger partial charge < -0.3 is 19.1 Å². The Hall–Kier alpha value is -2.73. The van der Waals surface area contributed by atoms with Gasteiger partial charge in [0.15, 0.2) is 18.1 Å². The lowest BCUT2D eigenvalue weighted by molar-refractivity contribution is -0.173. The topological polar surface area (TPSA) is 65.1 Å². The van der Waals surface area contributed by atoms with Crippen molar-refractivity contribution in [1.29, 1.82) is 0 Å². The number of halogens is 1. The molecule has 2 aromatic carbocycles. The van der Waals surface area contributed by atoms with E-state index in [1.54, 1.807) is 14.2 Å². The minimum absolute atomic E-state index is 0.187. The van der Waals surface area contributed by atoms with Gasteiger partial charge in [-0.2, -0.15) is 0 Å². The Balaban J connectivity index is 1.24. The quantitative estimate of drug-likeness (QED) is 0.380. The van der Waals surface area contributed by atoms with Gasteiger partial charge in [-0.1, -0.05) is 30.3 Å². The Morgan fingerprint density at radius 1 is 1.00 bits per heavy atom. The van der Waals surface area contributed by atoms with Crippen LogP contribution in [0.25, 0.3) is 0 Å². The molecule has 6 nitrogen and oxygen atoms in total. The molecule has 2 aromatic rings. The van der Waals surface area contributed by atoms with Crippen LogP contribution in [0.5, 0.6) is 11.5 Å². The molecule has 0 saturated heterocycles. The minimum Gasteiger partial charge on any atom is -0.493 e. The summed E-state index contributed by atoms with van der Waals surface area (Å²) in [6, 6.07) is 13.6. The molecule has 4 fully saturated rings. The number of carbonyl (C=O) groups excluding carboxylic acids is 2. The van der Waals surface area contributed by atoms with E-state index in [1.807, 2.05) is 47.4 Å². The molecule has 196 valence electrons. The van der Waals surface area contributed by atoms with Crippen LogP contribution in [0.3, 0.4) is 0 Å². The van der Waals surface area contributed by atoms with Crippen molar-refractivity contribution in [3.63, 3.8) is 0 Å². The van der Waals surface area contributed by atoms with Crippen LogP contribution in [-0.2, 0) is 20.7 Å². The number of benzene rings is 2. The summed E-state index contributed by atoms with van der Waals surface area (Å²) in [7, 11) is 3.24. The second kappa shape index (κ2) is 9.23. The van der Waals surface area contributed by atoms with E-state index < -0.39 is 5.41 Å². The molecule has 4 bridgehead atoms. The molecule has 0 spiro atoms. The molecule has 7 rings (SSSR count). The van der Waals surface area contributed by atoms with E-state index in [9.17, 15) is 9.59 Å². The number of amides is 1. The van der Waals surface area contributed by atoms with E-state index in [2.05, 4.69) is 0 Å². The highest BCUT2D eigenvalue weighted by Crippen LogP contribution is 2.64. The second-order valence-corrected chi connectivity index (χ2v) is 12.3. The average Bonchev–Trinajstić information content (AvgIpc) is 2.89. The number of esters is 1. The highest BCUT2D eigenvalue weighted by Gasteiger charge is 2.61. The van der Waals surface area contributed by atoms with Gasteiger partial charge in [-0.05, 0) is 85.6 Å². The first-order chi connectivity index (χ1) is 17.8. The molecule has 0 radical (unpaired) electrons. The fourth-order valence-electron chi connectivity index (χ4n) is 7.96. The van der Waals surface area contributed by atoms with Crippen molar-refractivity contribution < 1.29 is 23.8 Å². The van der Waals surface area contributed by atoms with Crippen molar-refractivity contribution >= 4 is 23.5 Å². The smallest absolute Gasteiger partial charge is 0.312 e. The van der Waals surface area contributed by atoms with Crippen LogP contribution in [0.15, 0.2) is 42.5 Å². The summed E-state index contributed by atoms with van der Waals surface area (Å²) in [5, 5.41) is 0. The van der Waals surface area contributed by atoms with Crippen molar-refractivity contribution in [3.05, 3.63) is 59.2 Å². The number of ether oxygens (including phenoxy) is 3. The van der Waals surface area contributed by atoms with Gasteiger partial charge in [0, 0.05) is 11.4 Å². The van der Waals surface area contributed by atoms with Crippen LogP contribution in [0.1, 0.15) is 61.3 Å². The van der Waals surface area contributed by atoms with E-state index in [0.29, 0.717) is 42.7 Å². The van der Waals surface area contributed by atoms with Gasteiger partial charge in [-0.3, -0.25) is 9.59 Å². The molecule has 0 unspecified atom stereocenters. The maximum Gasteiger partial charge on any atom is 0.312 e. The molecule has 1 aliphatic heterocycles. The predicted octanol–water partition coefficient (Wildman–Crippen LogP) is 5.30. The first-order valence-corrected chi connectivity index (χ1v) is 13.7. The maximum absolute atomic E-state index is 13.6. The summed E-state index contributed by atoms with van der Waals surface area (Å²) in [6.45, 7) is 0.273. The van der Waals surface area contributed by atoms with Crippen LogP contribution < -0.4 is 9.47 Å². The molecule has 3 atom stereocenters. The van der Waals surface area contributed by atoms with E-state index >= 15 is 0 Å². The van der Waals surface area contributed by atoms with Crippen molar-refractivity contribution in [2.24, 2.45) is 17.3 Å². The van der Waals surface area contributed by atoms with Gasteiger partial charge in [0.05, 0.1) is 25.7 Å². The zero-order valence-corrected chi connectivity index (χ0v) is 22.3. The largest absolute Gasteiger partial charge is 0.493 e. The average molecular weight is 524 g/mol. The zero-order valence-electron chi connectivity index (χ0n) is 21.5. The predicted molar refractivity (Wildman–Crippen MR) is 140 cm³/mol. The van der Waals surface area contributed by atoms with Gasteiger partial charge in [-0.15, -0.1) is 11.6 Å². The van der Waals surface area contributed by atoms with Gasteiger partial charge in [0.2, 0.25) is 0 Å². The van der Waals surface area contributed by atoms with Crippen molar-refractivity contribution in [1.82, 2.24) is 4.90 Å². The summed E-state index contributed by atoms with van der Waals surface area (Å²) >= 11 is 6.93. The second-order valence-electron chi connectivity index (χ2n) is 11.5. The number of alkyl halides is 1. The van der Waals surface area contributed by atoms with Crippen LogP contribution in [0, 0.1) is 17.3 Å². The third-order valence-corrected chi connectivity index (χ3v) is 9.50. The van der Waals surface area contributed by atoms with Gasteiger partial charge in [-0.25, -0.2) is 0 Å². The zero-order chi connectivity index (χ0) is 25.8. The molecule has 0 aromatic heterocycles. The molecular weight excluding hydrogens is 490 g/mol. The Bertz CT molecular complexity index is 1200. The van der Waals surface area contributed by atoms with Crippen LogP contribution in [0.2, 0.25) is 0 Å². The van der Waals surface area contributed by atoms with Crippen molar-refractivity contribution in [2.45, 2.75) is 55.9 Å². The third kappa shape index (κ3) is 4.27. The summed E-state index contributed by atoms with van der Waals surface area (Å²) in [4.78, 5) is 28.6. The van der Waals surface area contributed by atoms with Crippen molar-refractivity contribution in [2.75, 3.05) is 27.4 Å². The SMILES string of the molecule is COc1cc2c(cc1OC)[C@H](c1ccccc1)N(C(=O)COC(=O)C13C[C@@H]4C[C@H](CC(Cl)(C4)C1)C3)CC2. The lowest BCUT2D eigenvalue weighted by Crippen LogP contribution is -2.56. The number of hydrogen-bond donors (Lipinski definition) is 0. The molecule has 4 saturated carbocycles. The summed E-state index contributed by atoms with van der Waals surface area (Å²) in [6.07, 6.45) is 6.21. The third-order valence-electron chi connectivity index (χ3n) is 9.06. The van der Waals surface area contributed by atoms with E-state index in [1.165, 1.54) is 6.42 Å². The van der Waals surface area contributed by atoms with E-state index in [0.717, 1.165) is 42.4 Å². The van der Waals surface area contributed by atoms with Crippen LogP contribution in [-0.4, -0.2) is 49.0 Å². The molecule has 4 aliphatic carbocycles. The Labute approximate surface area is 223 Å². The van der Waals surface area contributed by atoms with Crippen LogP contribution in [0.4, 0.5) is 0 Å². The molecule has 7 heteroatoms. The van der Waals surface area contributed by atoms with Gasteiger partial charge >= 0.3 is 5.97 Å². The fraction of sp³-hybridized carbons (Fsp3) is 0.533. The van der Waals surface area contributed by atoms with Crippen LogP contribution >= 0.6 is 11.6 Å². The Morgan fingerprint density at radius 3 is 2.32 bits per heavy atom. The number of nitrogens with zero attached hydrogens (tertiary/aromatic N) is 1. The number of carbonyl (C=O) groups is 2. The fourth-order valence-corrected chi connectivity index (χ4v) is 8.65. The summed E-state index contributed by atoms with van der Waals surface area (Å²) in [5.41, 5.74) is 2.59. The number of methoxy groups -OCH3 is 2. The highest BCUT2D eigenvalue weighted by atomic mass is 35.5. The molecule has 0 N–H and O–H groups in total. The van der Waals surface area contributed by atoms with Crippen molar-refractivity contribution in [3.8, 4) is 11.5 Å². The molecular formula is C30H34ClNO5. The number of rotatable bonds is 6. The monoisotopic (exact) mass is 523 g/mol. The Morgan fingerprint density at radius 2 is 1.68 bits per heavy atom. The highest BCUT2D eigenvalue weighted by molar-refractivity contribution is 6.24. The number of hydrogen-bond acceptors (Lipinski definition) is 5. The maximum atomic E-state index is 13.6. The standard InChI is InChI=1S/C30H34ClNO5/c1-35-24-11-22-8-9-32(27(21-6-4-3-5-7-21)23(22)12-25(24)36-2)26(33)17-37-28(34)29-13-19-10-20(14-29)16-30(31,15-19)18-29/h3-7,11-12,19-20,27H,8-10,13-18H2,1-2H3/t19-,20-,27-,29?,30?/m0/s1. The normalized spacial score (nSPS) is 31.5. The van der Waals surface area contributed by atoms with E-state index in [4.69, 9.17) is 25.8 Å². The molecule has 5 aliphatic rings. The van der Waals surface area contributed by atoms with Gasteiger partial charge in [0.1, 0.15) is 0 Å².